The van der Waals surface area contributed by atoms with E-state index >= 15 is 0 Å². The molecule has 0 heterocycles. The average Bonchev–Trinajstić information content (AvgIpc) is 1.94. The van der Waals surface area contributed by atoms with Crippen molar-refractivity contribution in [3.63, 3.8) is 0 Å². The van der Waals surface area contributed by atoms with Gasteiger partial charge in [-0.15, -0.1) is 0 Å². The molecule has 0 aromatic rings. The number of hydrogen-bond acceptors (Lipinski definition) is 4. The number of ketones is 1. The predicted octanol–water partition coefficient (Wildman–Crippen LogP) is 1.40. The SMILES string of the molecule is CC(C)(C)NC(CS(C)(=O)=O)C(=O)C(C)(C)C. The fourth-order valence-corrected chi connectivity index (χ4v) is 2.37. The summed E-state index contributed by atoms with van der Waals surface area (Å²) in [6.07, 6.45) is 1.15. The molecule has 0 aromatic carbocycles. The van der Waals surface area contributed by atoms with Gasteiger partial charge in [0.2, 0.25) is 0 Å². The topological polar surface area (TPSA) is 63.2 Å². The number of Topliss-reactive ketones (excluding diaryl/α,β-unsaturated/α-hetero) is 1. The maximum absolute atomic E-state index is 12.2. The zero-order valence-corrected chi connectivity index (χ0v) is 12.7. The van der Waals surface area contributed by atoms with Crippen LogP contribution in [0.15, 0.2) is 0 Å². The van der Waals surface area contributed by atoms with Gasteiger partial charge in [-0.25, -0.2) is 8.42 Å². The van der Waals surface area contributed by atoms with Gasteiger partial charge in [-0.05, 0) is 20.8 Å². The first-order chi connectivity index (χ1) is 7.22. The summed E-state index contributed by atoms with van der Waals surface area (Å²) in [4.78, 5) is 12.2. The number of rotatable bonds is 4. The molecule has 0 aliphatic heterocycles. The van der Waals surface area contributed by atoms with Crippen LogP contribution in [0.2, 0.25) is 0 Å². The number of sulfone groups is 1. The smallest absolute Gasteiger partial charge is 0.156 e. The summed E-state index contributed by atoms with van der Waals surface area (Å²) in [5.74, 6) is -0.224. The third-order valence-electron chi connectivity index (χ3n) is 2.13. The molecule has 0 saturated carbocycles. The monoisotopic (exact) mass is 263 g/mol. The molecule has 0 fully saturated rings. The van der Waals surface area contributed by atoms with Crippen molar-refractivity contribution >= 4 is 15.6 Å². The number of carbonyl (C=O) groups excluding carboxylic acids is 1. The molecule has 0 saturated heterocycles. The number of carbonyl (C=O) groups is 1. The van der Waals surface area contributed by atoms with Crippen LogP contribution in [0, 0.1) is 5.41 Å². The maximum atomic E-state index is 12.2. The van der Waals surface area contributed by atoms with E-state index in [1.165, 1.54) is 0 Å². The molecule has 1 atom stereocenters. The second kappa shape index (κ2) is 5.06. The molecule has 0 aliphatic carbocycles. The van der Waals surface area contributed by atoms with Gasteiger partial charge >= 0.3 is 0 Å². The Morgan fingerprint density at radius 3 is 1.76 bits per heavy atom. The summed E-state index contributed by atoms with van der Waals surface area (Å²) < 4.78 is 22.7. The van der Waals surface area contributed by atoms with Gasteiger partial charge in [0, 0.05) is 17.2 Å². The largest absolute Gasteiger partial charge is 0.302 e. The van der Waals surface area contributed by atoms with E-state index in [9.17, 15) is 13.2 Å². The van der Waals surface area contributed by atoms with E-state index in [4.69, 9.17) is 0 Å². The summed E-state index contributed by atoms with van der Waals surface area (Å²) in [5, 5.41) is 3.09. The second-order valence-electron chi connectivity index (χ2n) is 6.65. The highest BCUT2D eigenvalue weighted by atomic mass is 32.2. The van der Waals surface area contributed by atoms with Gasteiger partial charge in [-0.1, -0.05) is 20.8 Å². The quantitative estimate of drug-likeness (QED) is 0.833. The summed E-state index contributed by atoms with van der Waals surface area (Å²) in [6.45, 7) is 11.1. The standard InChI is InChI=1S/C12H25NO3S/c1-11(2,3)10(14)9(8-17(7,15)16)13-12(4,5)6/h9,13H,8H2,1-7H3. The molecular formula is C12H25NO3S. The molecule has 1 N–H and O–H groups in total. The van der Waals surface area contributed by atoms with Crippen molar-refractivity contribution in [1.29, 1.82) is 0 Å². The Hall–Kier alpha value is -0.420. The van der Waals surface area contributed by atoms with Gasteiger partial charge in [0.1, 0.15) is 9.84 Å². The fraction of sp³-hybridized carbons (Fsp3) is 0.917. The Kier molecular flexibility index (Phi) is 4.94. The average molecular weight is 263 g/mol. The first kappa shape index (κ1) is 16.6. The van der Waals surface area contributed by atoms with Crippen LogP contribution in [0.1, 0.15) is 41.5 Å². The minimum absolute atomic E-state index is 0.0714. The summed E-state index contributed by atoms with van der Waals surface area (Å²) in [5.41, 5.74) is -0.843. The van der Waals surface area contributed by atoms with Crippen LogP contribution in [0.4, 0.5) is 0 Å². The lowest BCUT2D eigenvalue weighted by Gasteiger charge is -2.31. The predicted molar refractivity (Wildman–Crippen MR) is 70.8 cm³/mol. The Morgan fingerprint density at radius 1 is 1.12 bits per heavy atom. The van der Waals surface area contributed by atoms with Gasteiger partial charge < -0.3 is 5.32 Å². The summed E-state index contributed by atoms with van der Waals surface area (Å²) in [7, 11) is -3.18. The van der Waals surface area contributed by atoms with Crippen molar-refractivity contribution in [1.82, 2.24) is 5.32 Å². The third kappa shape index (κ3) is 7.49. The molecule has 0 spiro atoms. The lowest BCUT2D eigenvalue weighted by molar-refractivity contribution is -0.128. The Morgan fingerprint density at radius 2 is 1.53 bits per heavy atom. The van der Waals surface area contributed by atoms with E-state index in [1.807, 2.05) is 20.8 Å². The van der Waals surface area contributed by atoms with Crippen molar-refractivity contribution in [3.05, 3.63) is 0 Å². The lowest BCUT2D eigenvalue weighted by atomic mass is 9.86. The van der Waals surface area contributed by atoms with Crippen molar-refractivity contribution in [2.75, 3.05) is 12.0 Å². The molecule has 0 bridgehead atoms. The maximum Gasteiger partial charge on any atom is 0.156 e. The Labute approximate surface area is 105 Å². The van der Waals surface area contributed by atoms with E-state index < -0.39 is 21.3 Å². The summed E-state index contributed by atoms with van der Waals surface area (Å²) >= 11 is 0. The minimum Gasteiger partial charge on any atom is -0.302 e. The molecule has 102 valence electrons. The van der Waals surface area contributed by atoms with Gasteiger partial charge in [-0.2, -0.15) is 0 Å². The first-order valence-electron chi connectivity index (χ1n) is 5.72. The van der Waals surface area contributed by atoms with Gasteiger partial charge in [0.15, 0.2) is 5.78 Å². The van der Waals surface area contributed by atoms with Gasteiger partial charge in [0.05, 0.1) is 11.8 Å². The highest BCUT2D eigenvalue weighted by Crippen LogP contribution is 2.19. The molecule has 5 heteroatoms. The van der Waals surface area contributed by atoms with E-state index in [1.54, 1.807) is 20.8 Å². The molecule has 4 nitrogen and oxygen atoms in total. The highest BCUT2D eigenvalue weighted by molar-refractivity contribution is 7.90. The molecule has 0 radical (unpaired) electrons. The van der Waals surface area contributed by atoms with Crippen LogP contribution in [0.25, 0.3) is 0 Å². The first-order valence-corrected chi connectivity index (χ1v) is 7.78. The van der Waals surface area contributed by atoms with Crippen LogP contribution >= 0.6 is 0 Å². The molecule has 0 rings (SSSR count). The van der Waals surface area contributed by atoms with E-state index in [0.717, 1.165) is 6.26 Å². The number of hydrogen-bond donors (Lipinski definition) is 1. The van der Waals surface area contributed by atoms with Crippen molar-refractivity contribution in [3.8, 4) is 0 Å². The van der Waals surface area contributed by atoms with Crippen molar-refractivity contribution in [2.24, 2.45) is 5.41 Å². The third-order valence-corrected chi connectivity index (χ3v) is 3.07. The van der Waals surface area contributed by atoms with Gasteiger partial charge in [0.25, 0.3) is 0 Å². The van der Waals surface area contributed by atoms with Gasteiger partial charge in [-0.3, -0.25) is 4.79 Å². The minimum atomic E-state index is -3.18. The van der Waals surface area contributed by atoms with Crippen LogP contribution in [0.5, 0.6) is 0 Å². The van der Waals surface area contributed by atoms with Crippen LogP contribution < -0.4 is 5.32 Å². The Balaban J connectivity index is 5.07. The zero-order valence-electron chi connectivity index (χ0n) is 11.9. The van der Waals surface area contributed by atoms with E-state index in [-0.39, 0.29) is 17.1 Å². The van der Waals surface area contributed by atoms with Crippen LogP contribution in [-0.2, 0) is 14.6 Å². The summed E-state index contributed by atoms with van der Waals surface area (Å²) in [6, 6.07) is -0.648. The highest BCUT2D eigenvalue weighted by Gasteiger charge is 2.33. The van der Waals surface area contributed by atoms with Crippen LogP contribution in [-0.4, -0.2) is 37.8 Å². The van der Waals surface area contributed by atoms with Crippen molar-refractivity contribution < 1.29 is 13.2 Å². The molecule has 17 heavy (non-hydrogen) atoms. The van der Waals surface area contributed by atoms with Crippen LogP contribution in [0.3, 0.4) is 0 Å². The Bertz CT molecular complexity index is 372. The zero-order chi connectivity index (χ0) is 14.1. The lowest BCUT2D eigenvalue weighted by Crippen LogP contribution is -2.53. The van der Waals surface area contributed by atoms with Crippen molar-refractivity contribution in [2.45, 2.75) is 53.1 Å². The molecule has 0 amide bonds. The molecular weight excluding hydrogens is 238 g/mol. The normalized spacial score (nSPS) is 15.7. The van der Waals surface area contributed by atoms with E-state index in [0.29, 0.717) is 0 Å². The second-order valence-corrected chi connectivity index (χ2v) is 8.84. The van der Waals surface area contributed by atoms with E-state index in [2.05, 4.69) is 5.32 Å². The number of nitrogens with one attached hydrogen (secondary N) is 1. The molecule has 0 aromatic heterocycles. The molecule has 1 unspecified atom stereocenters. The fourth-order valence-electron chi connectivity index (χ4n) is 1.53. The molecule has 0 aliphatic rings.